The summed E-state index contributed by atoms with van der Waals surface area (Å²) in [6, 6.07) is 5.08. The number of aromatic nitrogens is 6. The third-order valence-electron chi connectivity index (χ3n) is 18.2. The molecule has 0 saturated carbocycles. The first-order valence-electron chi connectivity index (χ1n) is 40.8. The van der Waals surface area contributed by atoms with Gasteiger partial charge in [-0.25, -0.2) is 0 Å². The van der Waals surface area contributed by atoms with Crippen LogP contribution in [0, 0.1) is 20.8 Å². The average molecular weight is 1560 g/mol. The Morgan fingerprint density at radius 2 is 0.505 bits per heavy atom. The lowest BCUT2D eigenvalue weighted by Crippen LogP contribution is -2.29. The van der Waals surface area contributed by atoms with Crippen molar-refractivity contribution in [2.45, 2.75) is 219 Å². The van der Waals surface area contributed by atoms with E-state index in [1.165, 1.54) is 25.7 Å². The Morgan fingerprint density at radius 1 is 0.279 bits per heavy atom. The van der Waals surface area contributed by atoms with Crippen LogP contribution in [-0.2, 0) is 38.5 Å². The number of nitrogens with one attached hydrogen (secondary N) is 6. The number of carbonyl (C=O) groups excluding carboxylic acids is 6. The summed E-state index contributed by atoms with van der Waals surface area (Å²) in [5.41, 5.74) is 4.90. The maximum atomic E-state index is 12.0. The zero-order valence-electron chi connectivity index (χ0n) is 72.0. The molecule has 0 bridgehead atoms. The second-order valence-corrected chi connectivity index (χ2v) is 27.8. The molecule has 30 nitrogen and oxygen atoms in total. The minimum atomic E-state index is -0.160. The molecular weight excluding hydrogens is 1420 g/mol. The fraction of sp³-hybridized carbons (Fsp3) is 0.704. The molecule has 0 radical (unpaired) electrons. The number of nitrogens with zero attached hydrogens (tertiary/aromatic N) is 12. The van der Waals surface area contributed by atoms with Crippen LogP contribution in [0.15, 0.2) is 45.3 Å². The quantitative estimate of drug-likeness (QED) is 0.0193. The van der Waals surface area contributed by atoms with Crippen molar-refractivity contribution in [3.05, 3.63) is 104 Å². The van der Waals surface area contributed by atoms with Gasteiger partial charge in [0.15, 0.2) is 34.2 Å². The molecule has 6 amide bonds. The molecular formula is C81H144N18O12. The van der Waals surface area contributed by atoms with Crippen molar-refractivity contribution < 1.29 is 55.9 Å². The Morgan fingerprint density at radius 3 is 0.703 bits per heavy atom. The van der Waals surface area contributed by atoms with E-state index in [9.17, 15) is 28.8 Å². The predicted molar refractivity (Wildman–Crippen MR) is 438 cm³/mol. The summed E-state index contributed by atoms with van der Waals surface area (Å²) in [4.78, 5) is 84.4. The van der Waals surface area contributed by atoms with Gasteiger partial charge in [-0.05, 0) is 206 Å². The number of hydrogen-bond donors (Lipinski definition) is 6. The van der Waals surface area contributed by atoms with Crippen molar-refractivity contribution in [3.8, 4) is 0 Å². The fourth-order valence-electron chi connectivity index (χ4n) is 10.7. The van der Waals surface area contributed by atoms with Crippen LogP contribution in [0.3, 0.4) is 0 Å². The molecule has 6 aromatic heterocycles. The van der Waals surface area contributed by atoms with Gasteiger partial charge in [-0.3, -0.25) is 28.8 Å². The van der Waals surface area contributed by atoms with Gasteiger partial charge in [0.1, 0.15) is 34.6 Å². The normalized spacial score (nSPS) is 10.9. The van der Waals surface area contributed by atoms with E-state index >= 15 is 0 Å². The first kappa shape index (κ1) is 101. The standard InChI is InChI=1S/C15H27N3O2.2C14H25N3O2.2C13H23N3O2.C12H21N3O2/c1-5-7-10-18(4)11-8-9-16-15(19)14-12(3)13(6-2)20-17-14;1-5-9-17(4)10-7-8-15-14(18)13-11(3)12(6-2)19-16-13;1-4-6-9-17(3)10-7-8-15-14(18)13-11-12(5-2)19-16-13;1-5-11-10(3)12(15-18-11)13(17)14-8-7-9-16(4)6-2;1-4-8-16(3)9-6-7-14-13(17)12-10-11(5-2)18-15-12;1-4-10-9-11(14-17-10)12(16)13-7-6-8-15(3)5-2/h5-11H2,1-4H3,(H,16,19);5-10H2,1-4H3,(H,15,18);11H,4-10H2,1-3H3,(H,15,18);5-9H2,1-4H3,(H,14,17);10H,4-9H2,1-3H3,(H,14,17);9H,4-8H2,1-3H3,(H,13,16). The molecule has 111 heavy (non-hydrogen) atoms. The minimum absolute atomic E-state index is 0.137. The Balaban J connectivity index is 0.000000666. The van der Waals surface area contributed by atoms with Gasteiger partial charge in [-0.1, -0.05) is 127 Å². The molecule has 6 rings (SSSR count). The van der Waals surface area contributed by atoms with Crippen molar-refractivity contribution in [2.24, 2.45) is 0 Å². The summed E-state index contributed by atoms with van der Waals surface area (Å²) >= 11 is 0. The third-order valence-corrected chi connectivity index (χ3v) is 18.2. The molecule has 0 aliphatic carbocycles. The average Bonchev–Trinajstić information content (AvgIpc) is 1.73. The summed E-state index contributed by atoms with van der Waals surface area (Å²) in [5, 5.41) is 39.9. The van der Waals surface area contributed by atoms with Gasteiger partial charge in [0, 0.05) is 113 Å². The fourth-order valence-corrected chi connectivity index (χ4v) is 10.7. The van der Waals surface area contributed by atoms with Crippen molar-refractivity contribution in [1.82, 2.24) is 92.2 Å². The van der Waals surface area contributed by atoms with Gasteiger partial charge in [-0.15, -0.1) is 0 Å². The van der Waals surface area contributed by atoms with E-state index in [0.29, 0.717) is 73.4 Å². The van der Waals surface area contributed by atoms with Gasteiger partial charge in [-0.2, -0.15) is 0 Å². The lowest BCUT2D eigenvalue weighted by atomic mass is 10.2. The molecule has 0 unspecified atom stereocenters. The van der Waals surface area contributed by atoms with Crippen LogP contribution < -0.4 is 31.9 Å². The summed E-state index contributed by atoms with van der Waals surface area (Å²) < 4.78 is 30.3. The Bertz CT molecular complexity index is 3430. The third kappa shape index (κ3) is 42.9. The number of unbranched alkanes of at least 4 members (excludes halogenated alkanes) is 2. The Hall–Kier alpha value is -8.16. The molecule has 0 aliphatic heterocycles. The van der Waals surface area contributed by atoms with Gasteiger partial charge < -0.3 is 88.4 Å². The summed E-state index contributed by atoms with van der Waals surface area (Å²) in [5.74, 6) is 3.68. The number of carbonyl (C=O) groups is 6. The number of amides is 6. The Kier molecular flexibility index (Phi) is 55.8. The van der Waals surface area contributed by atoms with E-state index in [1.54, 1.807) is 18.2 Å². The zero-order valence-corrected chi connectivity index (χ0v) is 72.0. The summed E-state index contributed by atoms with van der Waals surface area (Å²) in [6.07, 6.45) is 17.4. The van der Waals surface area contributed by atoms with Crippen LogP contribution in [-0.4, -0.2) is 256 Å². The van der Waals surface area contributed by atoms with Crippen molar-refractivity contribution >= 4 is 35.4 Å². The first-order valence-corrected chi connectivity index (χ1v) is 40.8. The lowest BCUT2D eigenvalue weighted by molar-refractivity contribution is 0.0934. The zero-order chi connectivity index (χ0) is 82.9. The van der Waals surface area contributed by atoms with E-state index in [4.69, 9.17) is 27.1 Å². The summed E-state index contributed by atoms with van der Waals surface area (Å²) in [7, 11) is 12.6. The van der Waals surface area contributed by atoms with Crippen molar-refractivity contribution in [1.29, 1.82) is 0 Å². The molecule has 0 saturated heterocycles. The highest BCUT2D eigenvalue weighted by atomic mass is 16.5. The first-order chi connectivity index (χ1) is 53.3. The van der Waals surface area contributed by atoms with Gasteiger partial charge in [0.2, 0.25) is 0 Å². The van der Waals surface area contributed by atoms with Crippen LogP contribution in [0.25, 0.3) is 0 Å². The maximum absolute atomic E-state index is 12.0. The van der Waals surface area contributed by atoms with Crippen molar-refractivity contribution in [3.63, 3.8) is 0 Å². The highest BCUT2D eigenvalue weighted by Gasteiger charge is 2.21. The monoisotopic (exact) mass is 1560 g/mol. The van der Waals surface area contributed by atoms with E-state index < -0.39 is 0 Å². The molecule has 6 aromatic rings. The van der Waals surface area contributed by atoms with Crippen LogP contribution in [0.4, 0.5) is 0 Å². The molecule has 30 heteroatoms. The number of rotatable bonds is 48. The van der Waals surface area contributed by atoms with E-state index in [0.717, 1.165) is 220 Å². The van der Waals surface area contributed by atoms with Gasteiger partial charge >= 0.3 is 0 Å². The molecule has 630 valence electrons. The van der Waals surface area contributed by atoms with Crippen molar-refractivity contribution in [2.75, 3.05) is 160 Å². The molecule has 0 fully saturated rings. The SMILES string of the molecule is CCCCN(C)CCCNC(=O)c1cc(CC)on1.CCCCN(C)CCCNC(=O)c1noc(CC)c1C.CCCN(C)CCCNC(=O)c1cc(CC)on1.CCCN(C)CCCNC(=O)c1noc(CC)c1C.CCc1cc(C(=O)NCCCN(C)CC)no1.CCc1onc(C(=O)NCCCN(C)CC)c1C. The molecule has 0 aromatic carbocycles. The second-order valence-electron chi connectivity index (χ2n) is 27.8. The predicted octanol–water partition coefficient (Wildman–Crippen LogP) is 11.1. The highest BCUT2D eigenvalue weighted by Crippen LogP contribution is 2.16. The largest absolute Gasteiger partial charge is 0.361 e. The topological polar surface area (TPSA) is 350 Å². The molecule has 6 N–H and O–H groups in total. The molecule has 6 heterocycles. The van der Waals surface area contributed by atoms with E-state index in [-0.39, 0.29) is 35.4 Å². The number of hydrogen-bond acceptors (Lipinski definition) is 24. The minimum Gasteiger partial charge on any atom is -0.361 e. The van der Waals surface area contributed by atoms with E-state index in [2.05, 4.69) is 176 Å². The Labute approximate surface area is 663 Å². The molecule has 0 aliphatic rings. The lowest BCUT2D eigenvalue weighted by Gasteiger charge is -2.15. The number of aryl methyl sites for hydroxylation is 6. The van der Waals surface area contributed by atoms with Gasteiger partial charge in [0.05, 0.1) is 0 Å². The maximum Gasteiger partial charge on any atom is 0.273 e. The highest BCUT2D eigenvalue weighted by molar-refractivity contribution is 5.95. The molecule has 0 spiro atoms. The van der Waals surface area contributed by atoms with Crippen LogP contribution in [0.1, 0.15) is 274 Å². The van der Waals surface area contributed by atoms with Crippen LogP contribution in [0.5, 0.6) is 0 Å². The second kappa shape index (κ2) is 61.4. The van der Waals surface area contributed by atoms with E-state index in [1.807, 2.05) is 62.3 Å². The molecule has 0 atom stereocenters. The summed E-state index contributed by atoms with van der Waals surface area (Å²) in [6.45, 7) is 46.8. The van der Waals surface area contributed by atoms with Gasteiger partial charge in [0.25, 0.3) is 35.4 Å². The van der Waals surface area contributed by atoms with Crippen LogP contribution >= 0.6 is 0 Å². The van der Waals surface area contributed by atoms with Crippen LogP contribution in [0.2, 0.25) is 0 Å². The smallest absolute Gasteiger partial charge is 0.273 e.